The van der Waals surface area contributed by atoms with Gasteiger partial charge in [0, 0.05) is 25.6 Å². The van der Waals surface area contributed by atoms with Gasteiger partial charge in [-0.05, 0) is 47.1 Å². The number of allylic oxidation sites excluding steroid dienone is 2. The van der Waals surface area contributed by atoms with E-state index >= 15 is 0 Å². The van der Waals surface area contributed by atoms with Gasteiger partial charge in [0.1, 0.15) is 0 Å². The number of hydrogen-bond acceptors (Lipinski definition) is 2. The molecule has 1 radical (unpaired) electrons. The van der Waals surface area contributed by atoms with Crippen molar-refractivity contribution in [2.75, 3.05) is 0 Å². The maximum Gasteiger partial charge on any atom is 0.242 e. The van der Waals surface area contributed by atoms with Crippen LogP contribution in [0.2, 0.25) is 0 Å². The van der Waals surface area contributed by atoms with Crippen LogP contribution in [0.1, 0.15) is 69.2 Å². The van der Waals surface area contributed by atoms with E-state index in [2.05, 4.69) is 134 Å². The largest absolute Gasteiger partial charge is 0.512 e. The number of carbonyl (C=O) groups is 1. The second-order valence-electron chi connectivity index (χ2n) is 11.5. The minimum Gasteiger partial charge on any atom is -0.512 e. The molecule has 0 aromatic heterocycles. The molecule has 0 aliphatic carbocycles. The summed E-state index contributed by atoms with van der Waals surface area (Å²) in [5.41, 5.74) is 7.07. The van der Waals surface area contributed by atoms with Crippen molar-refractivity contribution >= 4 is 55.3 Å². The fourth-order valence-corrected chi connectivity index (χ4v) is 11.8. The van der Waals surface area contributed by atoms with Gasteiger partial charge < -0.3 is 5.11 Å². The summed E-state index contributed by atoms with van der Waals surface area (Å²) in [5, 5.41) is 11.5. The van der Waals surface area contributed by atoms with Gasteiger partial charge in [-0.2, -0.15) is 0 Å². The van der Waals surface area contributed by atoms with E-state index in [1.807, 2.05) is 0 Å². The van der Waals surface area contributed by atoms with Crippen LogP contribution in [0.5, 0.6) is 0 Å². The van der Waals surface area contributed by atoms with Crippen LogP contribution in [0.25, 0.3) is 0 Å². The van der Waals surface area contributed by atoms with Crippen molar-refractivity contribution in [3.05, 3.63) is 90.7 Å². The van der Waals surface area contributed by atoms with E-state index in [0.29, 0.717) is 22.6 Å². The molecule has 0 bridgehead atoms. The van der Waals surface area contributed by atoms with E-state index < -0.39 is 0 Å². The number of ketones is 1. The van der Waals surface area contributed by atoms with E-state index in [1.165, 1.54) is 36.3 Å². The number of aliphatic hydroxyl groups excluding tert-OH is 1. The molecule has 0 aliphatic heterocycles. The quantitative estimate of drug-likeness (QED) is 0.108. The zero-order chi connectivity index (χ0) is 30.0. The van der Waals surface area contributed by atoms with Crippen LogP contribution in [0.3, 0.4) is 0 Å². The van der Waals surface area contributed by atoms with E-state index in [4.69, 9.17) is 5.11 Å². The third kappa shape index (κ3) is 10.9. The zero-order valence-electron chi connectivity index (χ0n) is 26.6. The Kier molecular flexibility index (Phi) is 16.6. The fraction of sp³-hybridized carbons (Fsp3) is 0.400. The Hall–Kier alpha value is -1.58. The summed E-state index contributed by atoms with van der Waals surface area (Å²) in [7, 11) is -0.505. The number of benzene rings is 3. The molecule has 0 atom stereocenters. The Bertz CT molecular complexity index is 1160. The van der Waals surface area contributed by atoms with Crippen LogP contribution in [0, 0.1) is 0 Å². The third-order valence-electron chi connectivity index (χ3n) is 6.82. The van der Waals surface area contributed by atoms with E-state index in [-0.39, 0.29) is 53.6 Å². The summed E-state index contributed by atoms with van der Waals surface area (Å²) in [6, 6.07) is 29.9. The molecule has 1 N–H and O–H groups in total. The van der Waals surface area contributed by atoms with Crippen molar-refractivity contribution in [2.24, 2.45) is 0 Å². The Labute approximate surface area is 266 Å². The van der Waals surface area contributed by atoms with Crippen molar-refractivity contribution in [1.82, 2.24) is 0 Å². The molecule has 0 spiro atoms. The number of aliphatic hydroxyl groups is 1. The van der Waals surface area contributed by atoms with Gasteiger partial charge in [0.05, 0.1) is 5.76 Å². The first-order valence-corrected chi connectivity index (χ1v) is 17.5. The molecule has 0 fully saturated rings. The van der Waals surface area contributed by atoms with Crippen molar-refractivity contribution in [3.63, 3.8) is 0 Å². The van der Waals surface area contributed by atoms with Crippen LogP contribution in [-0.4, -0.2) is 40.2 Å². The Balaban J connectivity index is 0.000000933. The van der Waals surface area contributed by atoms with Crippen LogP contribution in [-0.2, 0) is 24.3 Å². The molecular formula is C35H49BO2P2Rh. The van der Waals surface area contributed by atoms with Crippen LogP contribution >= 0.6 is 15.8 Å². The predicted molar refractivity (Wildman–Crippen MR) is 185 cm³/mol. The molecule has 2 nitrogen and oxygen atoms in total. The number of hydrogen-bond donors (Lipinski definition) is 1. The summed E-state index contributed by atoms with van der Waals surface area (Å²) < 4.78 is 0. The molecule has 223 valence electrons. The number of carbonyl (C=O) groups excluding carboxylic acids is 1. The normalized spacial score (nSPS) is 11.7. The molecule has 3 aromatic rings. The summed E-state index contributed by atoms with van der Waals surface area (Å²) in [6.45, 7) is 22.4. The van der Waals surface area contributed by atoms with Gasteiger partial charge in [0.2, 0.25) is 6.71 Å². The molecule has 3 rings (SSSR count). The van der Waals surface area contributed by atoms with Crippen LogP contribution in [0.15, 0.2) is 90.7 Å². The summed E-state index contributed by atoms with van der Waals surface area (Å²) in [6.07, 6.45) is 1.17. The molecule has 3 aromatic carbocycles. The SMILES string of the molecule is CC(=O)/C=C(/C)O.CC(C)P(c1ccccc1B(c1ccccc1)c1ccccc1P(C(C)C)C(C)C)C(C)C.[Rh]. The van der Waals surface area contributed by atoms with Gasteiger partial charge in [-0.25, -0.2) is 0 Å². The topological polar surface area (TPSA) is 37.3 Å². The van der Waals surface area contributed by atoms with Crippen molar-refractivity contribution in [3.8, 4) is 0 Å². The maximum absolute atomic E-state index is 10.0. The average Bonchev–Trinajstić information content (AvgIpc) is 2.85. The average molecular weight is 677 g/mol. The monoisotopic (exact) mass is 677 g/mol. The van der Waals surface area contributed by atoms with Crippen molar-refractivity contribution < 1.29 is 29.4 Å². The minimum absolute atomic E-state index is 0. The zero-order valence-corrected chi connectivity index (χ0v) is 30.0. The molecule has 0 amide bonds. The van der Waals surface area contributed by atoms with Gasteiger partial charge in [0.15, 0.2) is 5.78 Å². The van der Waals surface area contributed by atoms with Crippen molar-refractivity contribution in [2.45, 2.75) is 91.9 Å². The van der Waals surface area contributed by atoms with Gasteiger partial charge in [-0.15, -0.1) is 0 Å². The summed E-state index contributed by atoms with van der Waals surface area (Å²) in [4.78, 5) is 10.0. The second-order valence-corrected chi connectivity index (χ2v) is 18.3. The molecule has 6 heteroatoms. The third-order valence-corrected chi connectivity index (χ3v) is 13.2. The number of rotatable bonds is 10. The van der Waals surface area contributed by atoms with E-state index in [1.54, 1.807) is 10.6 Å². The predicted octanol–water partition coefficient (Wildman–Crippen LogP) is 7.09. The van der Waals surface area contributed by atoms with Gasteiger partial charge in [-0.3, -0.25) is 4.79 Å². The molecule has 0 saturated heterocycles. The summed E-state index contributed by atoms with van der Waals surface area (Å²) in [5.74, 6) is -0.0625. The first-order chi connectivity index (χ1) is 18.9. The van der Waals surface area contributed by atoms with Crippen LogP contribution in [0.4, 0.5) is 0 Å². The fourth-order valence-electron chi connectivity index (χ4n) is 5.71. The van der Waals surface area contributed by atoms with Crippen molar-refractivity contribution in [1.29, 1.82) is 0 Å². The molecular weight excluding hydrogens is 628 g/mol. The second kappa shape index (κ2) is 18.2. The van der Waals surface area contributed by atoms with E-state index in [0.717, 1.165) is 0 Å². The molecule has 0 heterocycles. The smallest absolute Gasteiger partial charge is 0.242 e. The molecule has 41 heavy (non-hydrogen) atoms. The van der Waals surface area contributed by atoms with Gasteiger partial charge >= 0.3 is 0 Å². The molecule has 0 saturated carbocycles. The molecule has 0 unspecified atom stereocenters. The Morgan fingerprint density at radius 2 is 0.976 bits per heavy atom. The first kappa shape index (κ1) is 37.4. The maximum atomic E-state index is 10.0. The van der Waals surface area contributed by atoms with Crippen LogP contribution < -0.4 is 27.0 Å². The standard InChI is InChI=1S/C30H41BP2.C5H8O2.Rh/c1-22(2)32(23(3)4)29-20-14-12-18-27(29)31(26-16-10-9-11-17-26)28-19-13-15-21-30(28)33(24(5)6)25(7)8;1-4(6)3-5(2)7;/h9-25H,1-8H3;3,6H,1-2H3;/b;4-3-;. The Morgan fingerprint density at radius 3 is 1.27 bits per heavy atom. The summed E-state index contributed by atoms with van der Waals surface area (Å²) >= 11 is 0. The Morgan fingerprint density at radius 1 is 0.634 bits per heavy atom. The van der Waals surface area contributed by atoms with Gasteiger partial charge in [0.25, 0.3) is 0 Å². The minimum atomic E-state index is -0.252. The first-order valence-electron chi connectivity index (χ1n) is 14.5. The molecule has 0 aliphatic rings. The van der Waals surface area contributed by atoms with E-state index in [9.17, 15) is 4.79 Å². The van der Waals surface area contributed by atoms with Gasteiger partial charge in [-0.1, -0.05) is 166 Å².